The first kappa shape index (κ1) is 13.1. The molecule has 0 aromatic heterocycles. The third kappa shape index (κ3) is 5.20. The molecule has 0 aliphatic rings. The van der Waals surface area contributed by atoms with Gasteiger partial charge in [-0.25, -0.2) is 0 Å². The van der Waals surface area contributed by atoms with Crippen molar-refractivity contribution >= 4 is 0 Å². The maximum absolute atomic E-state index is 5.86. The Labute approximate surface area is 99.8 Å². The molecular formula is C15H24O. The molecule has 1 heteroatoms. The van der Waals surface area contributed by atoms with Crippen LogP contribution in [0, 0.1) is 5.41 Å². The maximum atomic E-state index is 5.86. The van der Waals surface area contributed by atoms with Crippen molar-refractivity contribution in [3.8, 4) is 5.75 Å². The van der Waals surface area contributed by atoms with Crippen molar-refractivity contribution in [2.45, 2.75) is 53.6 Å². The molecule has 0 heterocycles. The van der Waals surface area contributed by atoms with E-state index in [9.17, 15) is 0 Å². The minimum absolute atomic E-state index is 0.125. The Kier molecular flexibility index (Phi) is 3.67. The van der Waals surface area contributed by atoms with Gasteiger partial charge in [0.2, 0.25) is 0 Å². The summed E-state index contributed by atoms with van der Waals surface area (Å²) < 4.78 is 5.86. The molecule has 0 radical (unpaired) electrons. The average Bonchev–Trinajstić information content (AvgIpc) is 1.96. The highest BCUT2D eigenvalue weighted by molar-refractivity contribution is 5.29. The number of ether oxygens (including phenoxy) is 1. The molecule has 1 aromatic rings. The van der Waals surface area contributed by atoms with E-state index in [2.05, 4.69) is 59.7 Å². The molecule has 0 aliphatic heterocycles. The maximum Gasteiger partial charge on any atom is 0.120 e. The molecule has 1 aromatic carbocycles. The molecule has 16 heavy (non-hydrogen) atoms. The predicted octanol–water partition coefficient (Wildman–Crippen LogP) is 4.45. The molecule has 0 fully saturated rings. The van der Waals surface area contributed by atoms with Crippen molar-refractivity contribution in [1.29, 1.82) is 0 Å². The summed E-state index contributed by atoms with van der Waals surface area (Å²) in [5.74, 6) is 0.967. The number of hydrogen-bond donors (Lipinski definition) is 0. The fraction of sp³-hybridized carbons (Fsp3) is 0.600. The van der Waals surface area contributed by atoms with Crippen molar-refractivity contribution in [2.24, 2.45) is 5.41 Å². The minimum Gasteiger partial charge on any atom is -0.488 e. The molecule has 0 saturated heterocycles. The van der Waals surface area contributed by atoms with E-state index in [0.717, 1.165) is 12.2 Å². The first-order valence-corrected chi connectivity index (χ1v) is 5.94. The van der Waals surface area contributed by atoms with Gasteiger partial charge in [0.05, 0.1) is 0 Å². The van der Waals surface area contributed by atoms with Gasteiger partial charge in [-0.1, -0.05) is 32.9 Å². The molecule has 1 nitrogen and oxygen atoms in total. The summed E-state index contributed by atoms with van der Waals surface area (Å²) in [5, 5.41) is 0. The van der Waals surface area contributed by atoms with Gasteiger partial charge < -0.3 is 4.74 Å². The molecule has 0 unspecified atom stereocenters. The van der Waals surface area contributed by atoms with Crippen molar-refractivity contribution in [2.75, 3.05) is 0 Å². The van der Waals surface area contributed by atoms with Gasteiger partial charge in [-0.15, -0.1) is 0 Å². The quantitative estimate of drug-likeness (QED) is 0.715. The standard InChI is InChI=1S/C15H24O/c1-14(2,3)11-12-8-7-9-13(10-12)16-15(4,5)6/h7-10H,11H2,1-6H3. The van der Waals surface area contributed by atoms with Crippen LogP contribution in [0.25, 0.3) is 0 Å². The van der Waals surface area contributed by atoms with E-state index in [1.807, 2.05) is 6.07 Å². The average molecular weight is 220 g/mol. The molecule has 0 bridgehead atoms. The van der Waals surface area contributed by atoms with Gasteiger partial charge in [0, 0.05) is 0 Å². The van der Waals surface area contributed by atoms with Crippen LogP contribution in [0.5, 0.6) is 5.75 Å². The number of benzene rings is 1. The summed E-state index contributed by atoms with van der Waals surface area (Å²) in [4.78, 5) is 0. The lowest BCUT2D eigenvalue weighted by Crippen LogP contribution is -2.23. The van der Waals surface area contributed by atoms with Gasteiger partial charge in [-0.05, 0) is 50.3 Å². The second kappa shape index (κ2) is 4.48. The van der Waals surface area contributed by atoms with Crippen molar-refractivity contribution in [3.05, 3.63) is 29.8 Å². The van der Waals surface area contributed by atoms with E-state index in [1.165, 1.54) is 5.56 Å². The van der Waals surface area contributed by atoms with Gasteiger partial charge in [-0.2, -0.15) is 0 Å². The highest BCUT2D eigenvalue weighted by Crippen LogP contribution is 2.24. The fourth-order valence-corrected chi connectivity index (χ4v) is 1.68. The first-order valence-electron chi connectivity index (χ1n) is 5.94. The first-order chi connectivity index (χ1) is 7.16. The van der Waals surface area contributed by atoms with Crippen molar-refractivity contribution in [3.63, 3.8) is 0 Å². The topological polar surface area (TPSA) is 9.23 Å². The zero-order valence-corrected chi connectivity index (χ0v) is 11.4. The van der Waals surface area contributed by atoms with Crippen LogP contribution < -0.4 is 4.74 Å². The Balaban J connectivity index is 2.79. The molecule has 0 N–H and O–H groups in total. The largest absolute Gasteiger partial charge is 0.488 e. The highest BCUT2D eigenvalue weighted by atomic mass is 16.5. The van der Waals surface area contributed by atoms with E-state index in [4.69, 9.17) is 4.74 Å². The summed E-state index contributed by atoms with van der Waals surface area (Å²) in [6.07, 6.45) is 1.08. The molecule has 0 spiro atoms. The van der Waals surface area contributed by atoms with Crippen LogP contribution >= 0.6 is 0 Å². The van der Waals surface area contributed by atoms with Crippen molar-refractivity contribution < 1.29 is 4.74 Å². The van der Waals surface area contributed by atoms with Crippen LogP contribution in [0.1, 0.15) is 47.1 Å². The second-order valence-electron chi connectivity index (χ2n) is 6.60. The highest BCUT2D eigenvalue weighted by Gasteiger charge is 2.14. The smallest absolute Gasteiger partial charge is 0.120 e. The lowest BCUT2D eigenvalue weighted by atomic mass is 9.88. The summed E-state index contributed by atoms with van der Waals surface area (Å²) in [6, 6.07) is 8.41. The number of rotatable bonds is 2. The van der Waals surface area contributed by atoms with Crippen LogP contribution in [0.4, 0.5) is 0 Å². The van der Waals surface area contributed by atoms with E-state index in [1.54, 1.807) is 0 Å². The molecule has 0 saturated carbocycles. The molecule has 0 amide bonds. The minimum atomic E-state index is -0.125. The third-order valence-electron chi connectivity index (χ3n) is 2.06. The fourth-order valence-electron chi connectivity index (χ4n) is 1.68. The number of hydrogen-bond acceptors (Lipinski definition) is 1. The summed E-state index contributed by atoms with van der Waals surface area (Å²) in [6.45, 7) is 13.0. The van der Waals surface area contributed by atoms with E-state index >= 15 is 0 Å². The Morgan fingerprint density at radius 2 is 1.62 bits per heavy atom. The van der Waals surface area contributed by atoms with Crippen LogP contribution in [0.3, 0.4) is 0 Å². The van der Waals surface area contributed by atoms with Crippen LogP contribution in [0.2, 0.25) is 0 Å². The Hall–Kier alpha value is -0.980. The zero-order valence-electron chi connectivity index (χ0n) is 11.4. The monoisotopic (exact) mass is 220 g/mol. The summed E-state index contributed by atoms with van der Waals surface area (Å²) in [5.41, 5.74) is 1.54. The molecule has 0 atom stereocenters. The van der Waals surface area contributed by atoms with E-state index in [-0.39, 0.29) is 5.60 Å². The van der Waals surface area contributed by atoms with Gasteiger partial charge >= 0.3 is 0 Å². The molecule has 1 rings (SSSR count). The van der Waals surface area contributed by atoms with Crippen LogP contribution in [-0.2, 0) is 6.42 Å². The lowest BCUT2D eigenvalue weighted by Gasteiger charge is -2.23. The van der Waals surface area contributed by atoms with Gasteiger partial charge in [0.15, 0.2) is 0 Å². The SMILES string of the molecule is CC(C)(C)Cc1cccc(OC(C)(C)C)c1. The Morgan fingerprint density at radius 3 is 2.12 bits per heavy atom. The van der Waals surface area contributed by atoms with Crippen molar-refractivity contribution in [1.82, 2.24) is 0 Å². The van der Waals surface area contributed by atoms with E-state index < -0.39 is 0 Å². The van der Waals surface area contributed by atoms with Crippen LogP contribution in [0.15, 0.2) is 24.3 Å². The van der Waals surface area contributed by atoms with Gasteiger partial charge in [0.1, 0.15) is 11.4 Å². The lowest BCUT2D eigenvalue weighted by molar-refractivity contribution is 0.131. The van der Waals surface area contributed by atoms with Crippen LogP contribution in [-0.4, -0.2) is 5.60 Å². The zero-order chi connectivity index (χ0) is 12.4. The summed E-state index contributed by atoms with van der Waals surface area (Å²) >= 11 is 0. The second-order valence-corrected chi connectivity index (χ2v) is 6.60. The molecule has 0 aliphatic carbocycles. The summed E-state index contributed by atoms with van der Waals surface area (Å²) in [7, 11) is 0. The van der Waals surface area contributed by atoms with Gasteiger partial charge in [-0.3, -0.25) is 0 Å². The third-order valence-corrected chi connectivity index (χ3v) is 2.06. The Bertz CT molecular complexity index is 308. The van der Waals surface area contributed by atoms with E-state index in [0.29, 0.717) is 5.41 Å². The van der Waals surface area contributed by atoms with Gasteiger partial charge in [0.25, 0.3) is 0 Å². The molecular weight excluding hydrogens is 196 g/mol. The predicted molar refractivity (Wildman–Crippen MR) is 70.0 cm³/mol. The Morgan fingerprint density at radius 1 is 1.00 bits per heavy atom. The normalized spacial score (nSPS) is 12.6. The molecule has 90 valence electrons.